The van der Waals surface area contributed by atoms with E-state index in [4.69, 9.17) is 11.6 Å². The lowest BCUT2D eigenvalue weighted by atomic mass is 10.0. The van der Waals surface area contributed by atoms with Gasteiger partial charge in [0.15, 0.2) is 0 Å². The van der Waals surface area contributed by atoms with Gasteiger partial charge in [0, 0.05) is 31.1 Å². The first-order chi connectivity index (χ1) is 11.7. The zero-order valence-corrected chi connectivity index (χ0v) is 14.2. The first-order valence-electron chi connectivity index (χ1n) is 8.29. The Morgan fingerprint density at radius 1 is 1.04 bits per heavy atom. The van der Waals surface area contributed by atoms with Crippen LogP contribution >= 0.6 is 11.6 Å². The average Bonchev–Trinajstić information content (AvgIpc) is 2.97. The van der Waals surface area contributed by atoms with Gasteiger partial charge in [-0.2, -0.15) is 0 Å². The third-order valence-corrected chi connectivity index (χ3v) is 5.03. The van der Waals surface area contributed by atoms with Gasteiger partial charge in [-0.25, -0.2) is 5.01 Å². The lowest BCUT2D eigenvalue weighted by Gasteiger charge is -2.45. The summed E-state index contributed by atoms with van der Waals surface area (Å²) in [7, 11) is 0. The number of hydrogen-bond donors (Lipinski definition) is 0. The summed E-state index contributed by atoms with van der Waals surface area (Å²) in [6, 6.07) is 18.6. The summed E-state index contributed by atoms with van der Waals surface area (Å²) in [4.78, 5) is 14.6. The number of rotatable bonds is 3. The minimum atomic E-state index is 0.186. The molecule has 4 rings (SSSR count). The Balaban J connectivity index is 1.59. The lowest BCUT2D eigenvalue weighted by Crippen LogP contribution is -2.55. The summed E-state index contributed by atoms with van der Waals surface area (Å²) in [6.07, 6.45) is 0.600. The van der Waals surface area contributed by atoms with Crippen LogP contribution in [0.25, 0.3) is 0 Å². The predicted molar refractivity (Wildman–Crippen MR) is 94.1 cm³/mol. The molecule has 24 heavy (non-hydrogen) atoms. The second kappa shape index (κ2) is 6.55. The molecule has 5 heteroatoms. The largest absolute Gasteiger partial charge is 0.278 e. The van der Waals surface area contributed by atoms with Crippen molar-refractivity contribution in [3.05, 3.63) is 70.7 Å². The first kappa shape index (κ1) is 15.6. The van der Waals surface area contributed by atoms with Crippen LogP contribution in [0.4, 0.5) is 0 Å². The number of amides is 1. The lowest BCUT2D eigenvalue weighted by molar-refractivity contribution is -0.158. The van der Waals surface area contributed by atoms with Crippen LogP contribution in [0.2, 0.25) is 5.02 Å². The molecule has 2 aliphatic rings. The van der Waals surface area contributed by atoms with E-state index in [-0.39, 0.29) is 11.9 Å². The smallest absolute Gasteiger partial charge is 0.239 e. The van der Waals surface area contributed by atoms with Crippen molar-refractivity contribution in [3.63, 3.8) is 0 Å². The van der Waals surface area contributed by atoms with E-state index in [1.54, 1.807) is 0 Å². The standard InChI is InChI=1S/C19H20ClN3O/c20-17-8-6-16(7-9-17)18-13-21(12-15-4-2-1-3-5-15)14-23-19(24)10-11-22(18)23/h1-9,18H,10-14H2. The van der Waals surface area contributed by atoms with Crippen molar-refractivity contribution in [2.75, 3.05) is 19.8 Å². The molecule has 1 atom stereocenters. The van der Waals surface area contributed by atoms with Gasteiger partial charge in [0.05, 0.1) is 12.7 Å². The Kier molecular flexibility index (Phi) is 4.27. The normalized spacial score (nSPS) is 22.0. The SMILES string of the molecule is O=C1CCN2C(c3ccc(Cl)cc3)CN(Cc3ccccc3)CN12. The summed E-state index contributed by atoms with van der Waals surface area (Å²) in [5.41, 5.74) is 2.48. The van der Waals surface area contributed by atoms with Crippen molar-refractivity contribution in [1.29, 1.82) is 0 Å². The third-order valence-electron chi connectivity index (χ3n) is 4.78. The van der Waals surface area contributed by atoms with Gasteiger partial charge in [-0.1, -0.05) is 54.1 Å². The number of carbonyl (C=O) groups is 1. The molecule has 2 aliphatic heterocycles. The molecule has 1 amide bonds. The Hall–Kier alpha value is -1.88. The van der Waals surface area contributed by atoms with E-state index in [2.05, 4.69) is 46.3 Å². The highest BCUT2D eigenvalue weighted by molar-refractivity contribution is 6.30. The number of carbonyl (C=O) groups excluding carboxylic acids is 1. The number of hydrazine groups is 1. The summed E-state index contributed by atoms with van der Waals surface area (Å²) < 4.78 is 0. The van der Waals surface area contributed by atoms with Crippen LogP contribution in [0, 0.1) is 0 Å². The highest BCUT2D eigenvalue weighted by Crippen LogP contribution is 2.33. The van der Waals surface area contributed by atoms with Gasteiger partial charge in [0.1, 0.15) is 0 Å². The van der Waals surface area contributed by atoms with Gasteiger partial charge >= 0.3 is 0 Å². The average molecular weight is 342 g/mol. The van der Waals surface area contributed by atoms with Gasteiger partial charge in [-0.15, -0.1) is 0 Å². The molecule has 1 unspecified atom stereocenters. The van der Waals surface area contributed by atoms with Crippen molar-refractivity contribution < 1.29 is 4.79 Å². The third kappa shape index (κ3) is 3.05. The minimum absolute atomic E-state index is 0.186. The highest BCUT2D eigenvalue weighted by Gasteiger charge is 2.40. The van der Waals surface area contributed by atoms with Crippen LogP contribution in [-0.2, 0) is 11.3 Å². The monoisotopic (exact) mass is 341 g/mol. The van der Waals surface area contributed by atoms with Crippen molar-refractivity contribution in [2.24, 2.45) is 0 Å². The van der Waals surface area contributed by atoms with Crippen LogP contribution < -0.4 is 0 Å². The van der Waals surface area contributed by atoms with E-state index in [1.165, 1.54) is 11.1 Å². The summed E-state index contributed by atoms with van der Waals surface area (Å²) in [6.45, 7) is 3.21. The van der Waals surface area contributed by atoms with Crippen LogP contribution in [0.15, 0.2) is 54.6 Å². The topological polar surface area (TPSA) is 26.8 Å². The molecule has 0 N–H and O–H groups in total. The van der Waals surface area contributed by atoms with Crippen LogP contribution in [-0.4, -0.2) is 40.6 Å². The van der Waals surface area contributed by atoms with E-state index in [0.717, 1.165) is 24.7 Å². The molecule has 0 spiro atoms. The molecule has 124 valence electrons. The Morgan fingerprint density at radius 3 is 2.54 bits per heavy atom. The van der Waals surface area contributed by atoms with E-state index < -0.39 is 0 Å². The molecule has 0 bridgehead atoms. The van der Waals surface area contributed by atoms with Crippen molar-refractivity contribution in [3.8, 4) is 0 Å². The second-order valence-corrected chi connectivity index (χ2v) is 6.85. The molecular weight excluding hydrogens is 322 g/mol. The maximum atomic E-state index is 12.3. The quantitative estimate of drug-likeness (QED) is 0.857. The molecule has 2 heterocycles. The molecule has 0 aromatic heterocycles. The molecule has 2 saturated heterocycles. The predicted octanol–water partition coefficient (Wildman–Crippen LogP) is 3.30. The first-order valence-corrected chi connectivity index (χ1v) is 8.67. The molecule has 0 radical (unpaired) electrons. The van der Waals surface area contributed by atoms with E-state index >= 15 is 0 Å². The fraction of sp³-hybridized carbons (Fsp3) is 0.316. The van der Waals surface area contributed by atoms with Crippen LogP contribution in [0.1, 0.15) is 23.6 Å². The molecular formula is C19H20ClN3O. The Bertz CT molecular complexity index is 719. The van der Waals surface area contributed by atoms with Crippen molar-refractivity contribution >= 4 is 17.5 Å². The fourth-order valence-corrected chi connectivity index (χ4v) is 3.72. The van der Waals surface area contributed by atoms with Gasteiger partial charge in [0.2, 0.25) is 5.91 Å². The van der Waals surface area contributed by atoms with Gasteiger partial charge in [0.25, 0.3) is 0 Å². The number of halogens is 1. The molecule has 0 saturated carbocycles. The zero-order valence-electron chi connectivity index (χ0n) is 13.4. The molecule has 2 aromatic carbocycles. The van der Waals surface area contributed by atoms with Crippen molar-refractivity contribution in [1.82, 2.24) is 14.9 Å². The number of nitrogens with zero attached hydrogens (tertiary/aromatic N) is 3. The maximum absolute atomic E-state index is 12.3. The Labute approximate surface area is 147 Å². The van der Waals surface area contributed by atoms with E-state index in [9.17, 15) is 4.79 Å². The Morgan fingerprint density at radius 2 is 1.79 bits per heavy atom. The molecule has 2 fully saturated rings. The van der Waals surface area contributed by atoms with E-state index in [1.807, 2.05) is 23.2 Å². The molecule has 2 aromatic rings. The molecule has 0 aliphatic carbocycles. The number of fused-ring (bicyclic) bond motifs is 1. The fourth-order valence-electron chi connectivity index (χ4n) is 3.59. The number of hydrogen-bond acceptors (Lipinski definition) is 3. The zero-order chi connectivity index (χ0) is 16.5. The van der Waals surface area contributed by atoms with Crippen LogP contribution in [0.5, 0.6) is 0 Å². The maximum Gasteiger partial charge on any atom is 0.239 e. The second-order valence-electron chi connectivity index (χ2n) is 6.41. The summed E-state index contributed by atoms with van der Waals surface area (Å²) >= 11 is 6.03. The van der Waals surface area contributed by atoms with E-state index in [0.29, 0.717) is 13.1 Å². The minimum Gasteiger partial charge on any atom is -0.278 e. The number of benzene rings is 2. The summed E-state index contributed by atoms with van der Waals surface area (Å²) in [5, 5.41) is 4.86. The molecule has 4 nitrogen and oxygen atoms in total. The van der Waals surface area contributed by atoms with Gasteiger partial charge in [-0.3, -0.25) is 14.7 Å². The van der Waals surface area contributed by atoms with Gasteiger partial charge < -0.3 is 0 Å². The summed E-state index contributed by atoms with van der Waals surface area (Å²) in [5.74, 6) is 0.215. The van der Waals surface area contributed by atoms with Crippen LogP contribution in [0.3, 0.4) is 0 Å². The van der Waals surface area contributed by atoms with Crippen molar-refractivity contribution in [2.45, 2.75) is 19.0 Å². The highest BCUT2D eigenvalue weighted by atomic mass is 35.5. The van der Waals surface area contributed by atoms with Gasteiger partial charge in [-0.05, 0) is 23.3 Å².